The molecule has 0 heterocycles. The minimum Gasteiger partial charge on any atom is -0.434 e. The fourth-order valence-corrected chi connectivity index (χ4v) is 1.27. The third-order valence-electron chi connectivity index (χ3n) is 1.57. The Hall–Kier alpha value is -0.510. The SMILES string of the molecule is C=CCOC(=O)OCCCCCCBr. The molecule has 0 aromatic rings. The van der Waals surface area contributed by atoms with Gasteiger partial charge in [-0.15, -0.1) is 0 Å². The molecule has 0 aliphatic heterocycles. The molecule has 82 valence electrons. The predicted molar refractivity (Wildman–Crippen MR) is 59.8 cm³/mol. The molecular weight excluding hydrogens is 248 g/mol. The number of rotatable bonds is 8. The highest BCUT2D eigenvalue weighted by atomic mass is 79.9. The van der Waals surface area contributed by atoms with Crippen molar-refractivity contribution in [3.05, 3.63) is 12.7 Å². The van der Waals surface area contributed by atoms with Crippen LogP contribution in [0.5, 0.6) is 0 Å². The standard InChI is InChI=1S/C10H17BrO3/c1-2-8-13-10(12)14-9-6-4-3-5-7-11/h2H,1,3-9H2. The molecule has 0 N–H and O–H groups in total. The molecule has 14 heavy (non-hydrogen) atoms. The van der Waals surface area contributed by atoms with Gasteiger partial charge in [0.15, 0.2) is 0 Å². The molecule has 0 bridgehead atoms. The van der Waals surface area contributed by atoms with Gasteiger partial charge in [0.1, 0.15) is 6.61 Å². The molecule has 0 atom stereocenters. The average molecular weight is 265 g/mol. The first-order valence-electron chi connectivity index (χ1n) is 4.77. The Morgan fingerprint density at radius 1 is 1.21 bits per heavy atom. The summed E-state index contributed by atoms with van der Waals surface area (Å²) in [6.07, 6.45) is 5.22. The summed E-state index contributed by atoms with van der Waals surface area (Å²) in [5.74, 6) is 0. The average Bonchev–Trinajstić information content (AvgIpc) is 2.20. The van der Waals surface area contributed by atoms with Gasteiger partial charge in [0.25, 0.3) is 0 Å². The predicted octanol–water partition coefficient (Wildman–Crippen LogP) is 3.28. The van der Waals surface area contributed by atoms with E-state index in [-0.39, 0.29) is 6.61 Å². The summed E-state index contributed by atoms with van der Waals surface area (Å²) in [4.78, 5) is 10.8. The molecule has 0 amide bonds. The van der Waals surface area contributed by atoms with Crippen molar-refractivity contribution in [1.29, 1.82) is 0 Å². The van der Waals surface area contributed by atoms with Gasteiger partial charge in [-0.05, 0) is 12.8 Å². The van der Waals surface area contributed by atoms with Crippen molar-refractivity contribution in [3.63, 3.8) is 0 Å². The van der Waals surface area contributed by atoms with Gasteiger partial charge in [0.05, 0.1) is 6.61 Å². The van der Waals surface area contributed by atoms with E-state index >= 15 is 0 Å². The van der Waals surface area contributed by atoms with E-state index < -0.39 is 6.16 Å². The molecule has 4 heteroatoms. The van der Waals surface area contributed by atoms with Crippen molar-refractivity contribution in [3.8, 4) is 0 Å². The third-order valence-corrected chi connectivity index (χ3v) is 2.13. The Morgan fingerprint density at radius 2 is 1.93 bits per heavy atom. The molecule has 0 aromatic carbocycles. The summed E-state index contributed by atoms with van der Waals surface area (Å²) in [5.41, 5.74) is 0. The second kappa shape index (κ2) is 10.6. The van der Waals surface area contributed by atoms with Crippen molar-refractivity contribution in [2.45, 2.75) is 25.7 Å². The quantitative estimate of drug-likeness (QED) is 0.292. The molecule has 3 nitrogen and oxygen atoms in total. The number of ether oxygens (including phenoxy) is 2. The van der Waals surface area contributed by atoms with Crippen LogP contribution in [-0.2, 0) is 9.47 Å². The zero-order chi connectivity index (χ0) is 10.6. The van der Waals surface area contributed by atoms with Crippen LogP contribution in [0, 0.1) is 0 Å². The maximum Gasteiger partial charge on any atom is 0.508 e. The van der Waals surface area contributed by atoms with Crippen molar-refractivity contribution in [1.82, 2.24) is 0 Å². The van der Waals surface area contributed by atoms with Gasteiger partial charge in [0, 0.05) is 5.33 Å². The lowest BCUT2D eigenvalue weighted by Crippen LogP contribution is -2.08. The summed E-state index contributed by atoms with van der Waals surface area (Å²) >= 11 is 3.36. The van der Waals surface area contributed by atoms with Gasteiger partial charge in [-0.2, -0.15) is 0 Å². The Balaban J connectivity index is 3.10. The van der Waals surface area contributed by atoms with E-state index in [1.807, 2.05) is 0 Å². The summed E-state index contributed by atoms with van der Waals surface area (Å²) in [5, 5.41) is 1.04. The van der Waals surface area contributed by atoms with Crippen molar-refractivity contribution in [2.75, 3.05) is 18.5 Å². The minimum atomic E-state index is -0.606. The van der Waals surface area contributed by atoms with E-state index in [0.29, 0.717) is 6.61 Å². The second-order valence-corrected chi connectivity index (χ2v) is 3.59. The van der Waals surface area contributed by atoms with Crippen molar-refractivity contribution >= 4 is 22.1 Å². The van der Waals surface area contributed by atoms with Crippen LogP contribution in [0.2, 0.25) is 0 Å². The van der Waals surface area contributed by atoms with Crippen molar-refractivity contribution in [2.24, 2.45) is 0 Å². The van der Waals surface area contributed by atoms with Gasteiger partial charge < -0.3 is 9.47 Å². The van der Waals surface area contributed by atoms with Crippen LogP contribution >= 0.6 is 15.9 Å². The molecule has 0 aromatic heterocycles. The third kappa shape index (κ3) is 9.58. The summed E-state index contributed by atoms with van der Waals surface area (Å²) < 4.78 is 9.44. The van der Waals surface area contributed by atoms with Crippen LogP contribution in [0.4, 0.5) is 4.79 Å². The molecule has 0 aliphatic rings. The minimum absolute atomic E-state index is 0.211. The smallest absolute Gasteiger partial charge is 0.434 e. The van der Waals surface area contributed by atoms with Crippen LogP contribution in [0.25, 0.3) is 0 Å². The Labute approximate surface area is 93.6 Å². The molecule has 0 fully saturated rings. The highest BCUT2D eigenvalue weighted by Crippen LogP contribution is 2.02. The lowest BCUT2D eigenvalue weighted by Gasteiger charge is -2.03. The largest absolute Gasteiger partial charge is 0.508 e. The molecule has 0 radical (unpaired) electrons. The molecule has 0 unspecified atom stereocenters. The lowest BCUT2D eigenvalue weighted by molar-refractivity contribution is 0.0620. The monoisotopic (exact) mass is 264 g/mol. The number of hydrogen-bond donors (Lipinski definition) is 0. The lowest BCUT2D eigenvalue weighted by atomic mass is 10.2. The van der Waals surface area contributed by atoms with Crippen molar-refractivity contribution < 1.29 is 14.3 Å². The molecule has 0 aliphatic carbocycles. The first-order valence-corrected chi connectivity index (χ1v) is 5.89. The van der Waals surface area contributed by atoms with E-state index in [2.05, 4.69) is 27.2 Å². The molecule has 0 rings (SSSR count). The fraction of sp³-hybridized carbons (Fsp3) is 0.700. The Kier molecular flexibility index (Phi) is 10.2. The first-order chi connectivity index (χ1) is 6.81. The zero-order valence-corrected chi connectivity index (χ0v) is 9.92. The highest BCUT2D eigenvalue weighted by molar-refractivity contribution is 9.09. The number of unbranched alkanes of at least 4 members (excludes halogenated alkanes) is 3. The summed E-state index contributed by atoms with van der Waals surface area (Å²) in [6, 6.07) is 0. The summed E-state index contributed by atoms with van der Waals surface area (Å²) in [6.45, 7) is 4.08. The van der Waals surface area contributed by atoms with Crippen LogP contribution < -0.4 is 0 Å². The zero-order valence-electron chi connectivity index (χ0n) is 8.34. The van der Waals surface area contributed by atoms with Crippen LogP contribution in [0.1, 0.15) is 25.7 Å². The van der Waals surface area contributed by atoms with Gasteiger partial charge in [-0.3, -0.25) is 0 Å². The highest BCUT2D eigenvalue weighted by Gasteiger charge is 2.00. The second-order valence-electron chi connectivity index (χ2n) is 2.80. The molecular formula is C10H17BrO3. The van der Waals surface area contributed by atoms with Gasteiger partial charge >= 0.3 is 6.16 Å². The number of halogens is 1. The van der Waals surface area contributed by atoms with Gasteiger partial charge in [-0.1, -0.05) is 41.4 Å². The number of carbonyl (C=O) groups excluding carboxylic acids is 1. The number of alkyl halides is 1. The normalized spacial score (nSPS) is 9.50. The van der Waals surface area contributed by atoms with Gasteiger partial charge in [-0.25, -0.2) is 4.79 Å². The maximum absolute atomic E-state index is 10.8. The van der Waals surface area contributed by atoms with E-state index in [9.17, 15) is 4.79 Å². The Bertz CT molecular complexity index is 159. The number of carbonyl (C=O) groups is 1. The molecule has 0 spiro atoms. The van der Waals surface area contributed by atoms with E-state index in [1.165, 1.54) is 12.5 Å². The van der Waals surface area contributed by atoms with E-state index in [4.69, 9.17) is 4.74 Å². The van der Waals surface area contributed by atoms with Gasteiger partial charge in [0.2, 0.25) is 0 Å². The number of hydrogen-bond acceptors (Lipinski definition) is 3. The van der Waals surface area contributed by atoms with E-state index in [0.717, 1.165) is 24.6 Å². The van der Waals surface area contributed by atoms with Crippen LogP contribution in [-0.4, -0.2) is 24.7 Å². The van der Waals surface area contributed by atoms with Crippen LogP contribution in [0.15, 0.2) is 12.7 Å². The van der Waals surface area contributed by atoms with E-state index in [1.54, 1.807) is 0 Å². The summed E-state index contributed by atoms with van der Waals surface area (Å²) in [7, 11) is 0. The van der Waals surface area contributed by atoms with Crippen LogP contribution in [0.3, 0.4) is 0 Å². The molecule has 0 saturated carbocycles. The first kappa shape index (κ1) is 13.5. The Morgan fingerprint density at radius 3 is 2.57 bits per heavy atom. The topological polar surface area (TPSA) is 35.5 Å². The molecule has 0 saturated heterocycles. The maximum atomic E-state index is 10.8. The fourth-order valence-electron chi connectivity index (χ4n) is 0.874.